The highest BCUT2D eigenvalue weighted by molar-refractivity contribution is 5.88. The number of H-pyrrole nitrogens is 1. The SMILES string of the molecule is O=C(COc1cccc([C@](O)(C(=O)OCC2CCN(Cc3ccccc3)CC2)c2ccccc2)c1)CC1CCC(C(=O)N2CCC(CNC[C@H](O)c3ccc(O)c4[nH]c(=O)ccc34)CC2)CC1. The predicted molar refractivity (Wildman–Crippen MR) is 255 cm³/mol. The third-order valence-corrected chi connectivity index (χ3v) is 14.2. The summed E-state index contributed by atoms with van der Waals surface area (Å²) < 4.78 is 11.9. The summed E-state index contributed by atoms with van der Waals surface area (Å²) in [5.74, 6) is 0.433. The number of amides is 1. The van der Waals surface area contributed by atoms with Crippen LogP contribution in [0.4, 0.5) is 0 Å². The van der Waals surface area contributed by atoms with E-state index >= 15 is 0 Å². The quantitative estimate of drug-likeness (QED) is 0.0596. The van der Waals surface area contributed by atoms with Crippen molar-refractivity contribution in [2.45, 2.75) is 76.0 Å². The van der Waals surface area contributed by atoms with Crippen LogP contribution in [0.25, 0.3) is 10.9 Å². The molecule has 67 heavy (non-hydrogen) atoms. The second-order valence-corrected chi connectivity index (χ2v) is 18.9. The smallest absolute Gasteiger partial charge is 0.347 e. The number of likely N-dealkylation sites (tertiary alicyclic amines) is 2. The van der Waals surface area contributed by atoms with E-state index in [1.165, 1.54) is 17.7 Å². The van der Waals surface area contributed by atoms with E-state index in [-0.39, 0.29) is 54.0 Å². The molecule has 2 aliphatic heterocycles. The zero-order valence-electron chi connectivity index (χ0n) is 38.2. The average molecular weight is 913 g/mol. The van der Waals surface area contributed by atoms with Gasteiger partial charge in [-0.2, -0.15) is 0 Å². The number of phenolic OH excluding ortho intramolecular Hbond substituents is 1. The molecular weight excluding hydrogens is 849 g/mol. The third kappa shape index (κ3) is 12.0. The molecule has 4 aromatic carbocycles. The van der Waals surface area contributed by atoms with E-state index in [1.807, 2.05) is 17.0 Å². The number of aliphatic hydroxyl groups is 2. The minimum absolute atomic E-state index is 0.0383. The molecule has 0 unspecified atom stereocenters. The number of benzene rings is 4. The van der Waals surface area contributed by atoms with Crippen molar-refractivity contribution in [3.63, 3.8) is 0 Å². The van der Waals surface area contributed by atoms with E-state index in [4.69, 9.17) is 9.47 Å². The van der Waals surface area contributed by atoms with E-state index in [2.05, 4.69) is 39.5 Å². The largest absolute Gasteiger partial charge is 0.506 e. The van der Waals surface area contributed by atoms with E-state index in [0.29, 0.717) is 71.9 Å². The Morgan fingerprint density at radius 1 is 0.761 bits per heavy atom. The van der Waals surface area contributed by atoms with Gasteiger partial charge in [-0.1, -0.05) is 78.9 Å². The number of Topliss-reactive ketones (excluding diaryl/α,β-unsaturated/α-hetero) is 1. The number of fused-ring (bicyclic) bond motifs is 1. The molecule has 13 heteroatoms. The van der Waals surface area contributed by atoms with Crippen molar-refractivity contribution < 1.29 is 39.2 Å². The average Bonchev–Trinajstić information content (AvgIpc) is 3.36. The van der Waals surface area contributed by atoms with Gasteiger partial charge in [0.15, 0.2) is 5.78 Å². The van der Waals surface area contributed by atoms with Gasteiger partial charge in [0.2, 0.25) is 17.1 Å². The minimum Gasteiger partial charge on any atom is -0.506 e. The van der Waals surface area contributed by atoms with Crippen molar-refractivity contribution in [2.75, 3.05) is 52.5 Å². The highest BCUT2D eigenvalue weighted by atomic mass is 16.5. The van der Waals surface area contributed by atoms with E-state index in [0.717, 1.165) is 71.0 Å². The number of aromatic hydroxyl groups is 1. The van der Waals surface area contributed by atoms with Crippen molar-refractivity contribution in [1.29, 1.82) is 0 Å². The molecule has 0 radical (unpaired) electrons. The van der Waals surface area contributed by atoms with Gasteiger partial charge in [-0.05, 0) is 130 Å². The molecule has 1 saturated carbocycles. The topological polar surface area (TPSA) is 182 Å². The molecule has 5 N–H and O–H groups in total. The summed E-state index contributed by atoms with van der Waals surface area (Å²) in [5, 5.41) is 37.3. The molecule has 0 spiro atoms. The van der Waals surface area contributed by atoms with Crippen molar-refractivity contribution in [3.05, 3.63) is 142 Å². The van der Waals surface area contributed by atoms with E-state index in [9.17, 15) is 34.5 Å². The van der Waals surface area contributed by atoms with Crippen molar-refractivity contribution in [2.24, 2.45) is 23.7 Å². The van der Waals surface area contributed by atoms with Crippen LogP contribution in [0.1, 0.15) is 86.1 Å². The molecule has 3 aliphatic rings. The van der Waals surface area contributed by atoms with Crippen molar-refractivity contribution in [1.82, 2.24) is 20.1 Å². The number of hydrogen-bond donors (Lipinski definition) is 5. The number of ketones is 1. The van der Waals surface area contributed by atoms with Crippen molar-refractivity contribution in [3.8, 4) is 11.5 Å². The fourth-order valence-corrected chi connectivity index (χ4v) is 10.2. The maximum absolute atomic E-state index is 13.9. The molecule has 1 amide bonds. The molecule has 3 fully saturated rings. The number of nitrogens with zero attached hydrogens (tertiary/aromatic N) is 2. The van der Waals surface area contributed by atoms with Crippen LogP contribution in [-0.2, 0) is 31.3 Å². The first-order chi connectivity index (χ1) is 32.5. The fraction of sp³-hybridized carbons (Fsp3) is 0.444. The molecule has 3 heterocycles. The van der Waals surface area contributed by atoms with Gasteiger partial charge in [-0.3, -0.25) is 19.3 Å². The normalized spacial score (nSPS) is 19.9. The number of rotatable bonds is 18. The summed E-state index contributed by atoms with van der Waals surface area (Å²) in [4.78, 5) is 59.5. The van der Waals surface area contributed by atoms with Crippen LogP contribution in [0.15, 0.2) is 114 Å². The van der Waals surface area contributed by atoms with Gasteiger partial charge in [-0.25, -0.2) is 4.79 Å². The van der Waals surface area contributed by atoms with Gasteiger partial charge in [0, 0.05) is 55.5 Å². The molecule has 8 rings (SSSR count). The Morgan fingerprint density at radius 2 is 1.45 bits per heavy atom. The Balaban J connectivity index is 0.752. The van der Waals surface area contributed by atoms with Gasteiger partial charge in [0.1, 0.15) is 18.1 Å². The number of carbonyl (C=O) groups excluding carboxylic acids is 3. The Morgan fingerprint density at radius 3 is 2.18 bits per heavy atom. The molecular formula is C54H64N4O9. The Hall–Kier alpha value is -5.86. The highest BCUT2D eigenvalue weighted by Gasteiger charge is 2.42. The first-order valence-corrected chi connectivity index (χ1v) is 24.0. The zero-order chi connectivity index (χ0) is 46.8. The molecule has 354 valence electrons. The number of carbonyl (C=O) groups is 3. The molecule has 0 bridgehead atoms. The maximum atomic E-state index is 13.9. The first kappa shape index (κ1) is 47.6. The van der Waals surface area contributed by atoms with Gasteiger partial charge in [0.05, 0.1) is 18.2 Å². The number of aromatic amines is 1. The molecule has 2 atom stereocenters. The lowest BCUT2D eigenvalue weighted by Gasteiger charge is -2.36. The lowest BCUT2D eigenvalue weighted by atomic mass is 9.79. The lowest BCUT2D eigenvalue weighted by molar-refractivity contribution is -0.164. The predicted octanol–water partition coefficient (Wildman–Crippen LogP) is 6.63. The van der Waals surface area contributed by atoms with Crippen LogP contribution in [-0.4, -0.2) is 100 Å². The number of hydrogen-bond acceptors (Lipinski definition) is 11. The van der Waals surface area contributed by atoms with Crippen LogP contribution in [0.2, 0.25) is 0 Å². The Bertz CT molecular complexity index is 2490. The van der Waals surface area contributed by atoms with E-state index in [1.54, 1.807) is 60.7 Å². The summed E-state index contributed by atoms with van der Waals surface area (Å²) in [6, 6.07) is 32.0. The number of esters is 1. The summed E-state index contributed by atoms with van der Waals surface area (Å²) in [6.07, 6.45) is 6.16. The van der Waals surface area contributed by atoms with Crippen LogP contribution >= 0.6 is 0 Å². The third-order valence-electron chi connectivity index (χ3n) is 14.2. The van der Waals surface area contributed by atoms with Crippen LogP contribution < -0.4 is 15.6 Å². The summed E-state index contributed by atoms with van der Waals surface area (Å²) in [7, 11) is 0. The number of phenols is 1. The summed E-state index contributed by atoms with van der Waals surface area (Å²) in [6.45, 7) is 5.20. The lowest BCUT2D eigenvalue weighted by Crippen LogP contribution is -2.44. The molecule has 2 saturated heterocycles. The van der Waals surface area contributed by atoms with Crippen LogP contribution in [0, 0.1) is 23.7 Å². The Kier molecular flexibility index (Phi) is 15.8. The number of ether oxygens (including phenoxy) is 2. The summed E-state index contributed by atoms with van der Waals surface area (Å²) in [5.41, 5.74) is 0.486. The summed E-state index contributed by atoms with van der Waals surface area (Å²) >= 11 is 0. The van der Waals surface area contributed by atoms with Gasteiger partial charge >= 0.3 is 5.97 Å². The standard InChI is InChI=1S/C54H64N4O9/c59-44(30-37-14-16-41(17-15-37)52(63)58-28-24-38(25-29-58)32-55-33-49(61)46-18-20-48(60)51-47(46)19-21-50(62)56-51)36-66-45-13-7-12-43(31-45)54(65,42-10-5-2-6-11-42)53(64)67-35-40-22-26-57(27-23-40)34-39-8-3-1-4-9-39/h1-13,18-21,31,37-38,40-41,49,55,60-61,65H,14-17,22-30,32-36H2,(H,56,62)/t37?,41?,49-,54-/m0/s1. The number of piperidine rings is 2. The number of nitrogens with one attached hydrogen (secondary N) is 2. The van der Waals surface area contributed by atoms with Crippen LogP contribution in [0.5, 0.6) is 11.5 Å². The van der Waals surface area contributed by atoms with Crippen LogP contribution in [0.3, 0.4) is 0 Å². The second kappa shape index (κ2) is 22.3. The van der Waals surface area contributed by atoms with Gasteiger partial charge in [-0.15, -0.1) is 0 Å². The Labute approximate surface area is 392 Å². The maximum Gasteiger partial charge on any atom is 0.347 e. The highest BCUT2D eigenvalue weighted by Crippen LogP contribution is 2.36. The monoisotopic (exact) mass is 912 g/mol. The minimum atomic E-state index is -2.08. The molecule has 5 aromatic rings. The van der Waals surface area contributed by atoms with Crippen molar-refractivity contribution >= 4 is 28.6 Å². The zero-order valence-corrected chi connectivity index (χ0v) is 38.2. The molecule has 1 aromatic heterocycles. The fourth-order valence-electron chi connectivity index (χ4n) is 10.2. The number of aromatic nitrogens is 1. The number of aliphatic hydroxyl groups excluding tert-OH is 1. The molecule has 1 aliphatic carbocycles. The van der Waals surface area contributed by atoms with Gasteiger partial charge in [0.25, 0.3) is 0 Å². The second-order valence-electron chi connectivity index (χ2n) is 18.9. The van der Waals surface area contributed by atoms with Gasteiger partial charge < -0.3 is 40.0 Å². The number of pyridine rings is 1. The molecule has 13 nitrogen and oxygen atoms in total. The van der Waals surface area contributed by atoms with E-state index < -0.39 is 17.7 Å². The first-order valence-electron chi connectivity index (χ1n) is 24.0.